The fourth-order valence-corrected chi connectivity index (χ4v) is 3.70. The molecule has 5 nitrogen and oxygen atoms in total. The molecule has 0 aliphatic carbocycles. The van der Waals surface area contributed by atoms with E-state index in [2.05, 4.69) is 5.32 Å². The van der Waals surface area contributed by atoms with Crippen molar-refractivity contribution in [3.05, 3.63) is 63.0 Å². The molecule has 1 saturated heterocycles. The van der Waals surface area contributed by atoms with Gasteiger partial charge in [0.05, 0.1) is 10.6 Å². The minimum absolute atomic E-state index is 0.205. The summed E-state index contributed by atoms with van der Waals surface area (Å²) in [6.07, 6.45) is 1.52. The van der Waals surface area contributed by atoms with Crippen molar-refractivity contribution >= 4 is 69.5 Å². The van der Waals surface area contributed by atoms with Crippen molar-refractivity contribution in [3.63, 3.8) is 0 Å². The number of hydrogen-bond acceptors (Lipinski definition) is 4. The monoisotopic (exact) mass is 406 g/mol. The number of carbonyl (C=O) groups is 3. The van der Waals surface area contributed by atoms with Gasteiger partial charge in [0.2, 0.25) is 5.91 Å². The maximum absolute atomic E-state index is 12.7. The molecule has 1 aliphatic rings. The predicted octanol–water partition coefficient (Wildman–Crippen LogP) is 5.19. The first-order chi connectivity index (χ1) is 12.4. The topological polar surface area (TPSA) is 66.5 Å². The van der Waals surface area contributed by atoms with Crippen molar-refractivity contribution in [2.75, 3.05) is 10.2 Å². The summed E-state index contributed by atoms with van der Waals surface area (Å²) in [5.41, 5.74) is 1.48. The van der Waals surface area contributed by atoms with Crippen molar-refractivity contribution in [2.24, 2.45) is 0 Å². The van der Waals surface area contributed by atoms with Crippen LogP contribution in [0.4, 0.5) is 16.2 Å². The Morgan fingerprint density at radius 1 is 1.08 bits per heavy atom. The quantitative estimate of drug-likeness (QED) is 0.711. The van der Waals surface area contributed by atoms with Crippen LogP contribution in [0.1, 0.15) is 12.5 Å². The molecule has 8 heteroatoms. The smallest absolute Gasteiger partial charge is 0.298 e. The van der Waals surface area contributed by atoms with Crippen LogP contribution in [0.3, 0.4) is 0 Å². The Hall–Kier alpha value is -2.28. The number of halogens is 2. The van der Waals surface area contributed by atoms with E-state index in [0.717, 1.165) is 16.7 Å². The van der Waals surface area contributed by atoms with Crippen molar-refractivity contribution in [3.8, 4) is 0 Å². The molecule has 0 saturated carbocycles. The number of rotatable bonds is 3. The molecule has 0 spiro atoms. The largest absolute Gasteiger partial charge is 0.326 e. The molecular weight excluding hydrogens is 395 g/mol. The average Bonchev–Trinajstić information content (AvgIpc) is 2.85. The lowest BCUT2D eigenvalue weighted by atomic mass is 10.2. The maximum atomic E-state index is 12.7. The minimum Gasteiger partial charge on any atom is -0.326 e. The summed E-state index contributed by atoms with van der Waals surface area (Å²) in [4.78, 5) is 37.3. The molecule has 3 amide bonds. The second kappa shape index (κ2) is 7.53. The standard InChI is InChI=1S/C18H12Cl2N2O3S/c1-10(23)21-11-5-7-12(8-6-11)22-17(24)16(26-18(22)25)9-13-14(19)3-2-4-15(13)20/h2-9H,1H3,(H,21,23)/b16-9-. The molecule has 0 unspecified atom stereocenters. The summed E-state index contributed by atoms with van der Waals surface area (Å²) in [6.45, 7) is 1.40. The van der Waals surface area contributed by atoms with E-state index < -0.39 is 11.1 Å². The summed E-state index contributed by atoms with van der Waals surface area (Å²) in [6, 6.07) is 11.4. The molecule has 3 rings (SSSR count). The van der Waals surface area contributed by atoms with Gasteiger partial charge in [-0.25, -0.2) is 4.90 Å². The lowest BCUT2D eigenvalue weighted by Crippen LogP contribution is -2.27. The molecule has 1 fully saturated rings. The molecular formula is C18H12Cl2N2O3S. The molecule has 0 atom stereocenters. The van der Waals surface area contributed by atoms with Crippen LogP contribution >= 0.6 is 35.0 Å². The van der Waals surface area contributed by atoms with E-state index in [1.165, 1.54) is 13.0 Å². The van der Waals surface area contributed by atoms with Crippen LogP contribution in [-0.4, -0.2) is 17.1 Å². The number of imide groups is 1. The molecule has 26 heavy (non-hydrogen) atoms. The molecule has 2 aromatic carbocycles. The van der Waals surface area contributed by atoms with Gasteiger partial charge >= 0.3 is 0 Å². The van der Waals surface area contributed by atoms with Crippen molar-refractivity contribution in [1.29, 1.82) is 0 Å². The molecule has 1 N–H and O–H groups in total. The molecule has 2 aromatic rings. The lowest BCUT2D eigenvalue weighted by molar-refractivity contribution is -0.114. The number of thioether (sulfide) groups is 1. The third kappa shape index (κ3) is 3.77. The molecule has 1 heterocycles. The molecule has 0 aromatic heterocycles. The zero-order chi connectivity index (χ0) is 18.8. The van der Waals surface area contributed by atoms with E-state index in [0.29, 0.717) is 27.0 Å². The maximum Gasteiger partial charge on any atom is 0.298 e. The highest BCUT2D eigenvalue weighted by Crippen LogP contribution is 2.38. The average molecular weight is 407 g/mol. The summed E-state index contributed by atoms with van der Waals surface area (Å²) >= 11 is 13.1. The predicted molar refractivity (Wildman–Crippen MR) is 106 cm³/mol. The molecule has 1 aliphatic heterocycles. The SMILES string of the molecule is CC(=O)Nc1ccc(N2C(=O)S/C(=C\c3c(Cl)cccc3Cl)C2=O)cc1. The summed E-state index contributed by atoms with van der Waals surface area (Å²) in [5.74, 6) is -0.660. The normalized spacial score (nSPS) is 15.7. The number of anilines is 2. The number of nitrogens with zero attached hydrogens (tertiary/aromatic N) is 1. The number of nitrogens with one attached hydrogen (secondary N) is 1. The van der Waals surface area contributed by atoms with Crippen LogP contribution in [0, 0.1) is 0 Å². The summed E-state index contributed by atoms with van der Waals surface area (Å²) in [5, 5.41) is 2.99. The zero-order valence-corrected chi connectivity index (χ0v) is 15.8. The van der Waals surface area contributed by atoms with E-state index in [9.17, 15) is 14.4 Å². The fourth-order valence-electron chi connectivity index (χ4n) is 2.37. The molecule has 132 valence electrons. The van der Waals surface area contributed by atoms with Crippen molar-refractivity contribution in [1.82, 2.24) is 0 Å². The van der Waals surface area contributed by atoms with Gasteiger partial charge < -0.3 is 5.32 Å². The van der Waals surface area contributed by atoms with Crippen LogP contribution in [0.5, 0.6) is 0 Å². The van der Waals surface area contributed by atoms with Gasteiger partial charge in [0.25, 0.3) is 11.1 Å². The Bertz CT molecular complexity index is 922. The van der Waals surface area contributed by atoms with E-state index in [4.69, 9.17) is 23.2 Å². The van der Waals surface area contributed by atoms with Crippen molar-refractivity contribution < 1.29 is 14.4 Å². The van der Waals surface area contributed by atoms with Gasteiger partial charge in [-0.1, -0.05) is 29.3 Å². The first-order valence-corrected chi connectivity index (χ1v) is 9.03. The van der Waals surface area contributed by atoms with Crippen LogP contribution in [0.15, 0.2) is 47.4 Å². The van der Waals surface area contributed by atoms with Gasteiger partial charge in [0, 0.05) is 28.2 Å². The van der Waals surface area contributed by atoms with E-state index in [-0.39, 0.29) is 10.8 Å². The Morgan fingerprint density at radius 3 is 2.27 bits per heavy atom. The Morgan fingerprint density at radius 2 is 1.69 bits per heavy atom. The van der Waals surface area contributed by atoms with Crippen LogP contribution in [-0.2, 0) is 9.59 Å². The molecule has 0 bridgehead atoms. The minimum atomic E-state index is -0.455. The first kappa shape index (κ1) is 18.5. The number of amides is 3. The van der Waals surface area contributed by atoms with Gasteiger partial charge in [-0.05, 0) is 54.2 Å². The Balaban J connectivity index is 1.90. The van der Waals surface area contributed by atoms with E-state index in [1.807, 2.05) is 0 Å². The lowest BCUT2D eigenvalue weighted by Gasteiger charge is -2.13. The third-order valence-corrected chi connectivity index (χ3v) is 5.04. The van der Waals surface area contributed by atoms with Crippen molar-refractivity contribution in [2.45, 2.75) is 6.92 Å². The highest BCUT2D eigenvalue weighted by atomic mass is 35.5. The van der Waals surface area contributed by atoms with Crippen LogP contribution in [0.2, 0.25) is 10.0 Å². The van der Waals surface area contributed by atoms with Gasteiger partial charge in [-0.3, -0.25) is 14.4 Å². The van der Waals surface area contributed by atoms with E-state index in [1.54, 1.807) is 42.5 Å². The third-order valence-electron chi connectivity index (χ3n) is 3.51. The summed E-state index contributed by atoms with van der Waals surface area (Å²) < 4.78 is 0. The highest BCUT2D eigenvalue weighted by Gasteiger charge is 2.36. The number of carbonyl (C=O) groups excluding carboxylic acids is 3. The van der Waals surface area contributed by atoms with Gasteiger partial charge in [0.1, 0.15) is 0 Å². The second-order valence-corrected chi connectivity index (χ2v) is 7.19. The van der Waals surface area contributed by atoms with Gasteiger partial charge in [0.15, 0.2) is 0 Å². The number of benzene rings is 2. The zero-order valence-electron chi connectivity index (χ0n) is 13.5. The van der Waals surface area contributed by atoms with Gasteiger partial charge in [-0.2, -0.15) is 0 Å². The Labute approximate surface area is 164 Å². The fraction of sp³-hybridized carbons (Fsp3) is 0.0556. The van der Waals surface area contributed by atoms with Crippen LogP contribution in [0.25, 0.3) is 6.08 Å². The number of hydrogen-bond donors (Lipinski definition) is 1. The molecule has 0 radical (unpaired) electrons. The van der Waals surface area contributed by atoms with Crippen LogP contribution < -0.4 is 10.2 Å². The van der Waals surface area contributed by atoms with E-state index >= 15 is 0 Å². The first-order valence-electron chi connectivity index (χ1n) is 7.46. The summed E-state index contributed by atoms with van der Waals surface area (Å²) in [7, 11) is 0. The highest BCUT2D eigenvalue weighted by molar-refractivity contribution is 8.19. The van der Waals surface area contributed by atoms with Gasteiger partial charge in [-0.15, -0.1) is 0 Å². The Kier molecular flexibility index (Phi) is 5.36. The second-order valence-electron chi connectivity index (χ2n) is 5.38.